The summed E-state index contributed by atoms with van der Waals surface area (Å²) >= 11 is 0. The zero-order valence-corrected chi connectivity index (χ0v) is 15.8. The van der Waals surface area contributed by atoms with Gasteiger partial charge in [-0.3, -0.25) is 9.59 Å². The second-order valence-corrected chi connectivity index (χ2v) is 6.11. The van der Waals surface area contributed by atoms with Crippen LogP contribution in [-0.2, 0) is 4.79 Å². The number of pyridine rings is 1. The molecule has 2 aromatic carbocycles. The summed E-state index contributed by atoms with van der Waals surface area (Å²) in [6, 6.07) is 21.7. The van der Waals surface area contributed by atoms with Crippen LogP contribution in [-0.4, -0.2) is 36.4 Å². The number of carbonyl (C=O) groups is 2. The summed E-state index contributed by atoms with van der Waals surface area (Å²) in [5.74, 6) is 1.52. The predicted octanol–water partition coefficient (Wildman–Crippen LogP) is 2.83. The molecule has 0 saturated carbocycles. The van der Waals surface area contributed by atoms with E-state index in [2.05, 4.69) is 20.9 Å². The van der Waals surface area contributed by atoms with Crippen LogP contribution in [0.1, 0.15) is 10.4 Å². The summed E-state index contributed by atoms with van der Waals surface area (Å²) < 4.78 is 5.69. The van der Waals surface area contributed by atoms with E-state index < -0.39 is 0 Å². The zero-order valence-electron chi connectivity index (χ0n) is 15.8. The van der Waals surface area contributed by atoms with Gasteiger partial charge in [0.25, 0.3) is 5.91 Å². The molecule has 0 aliphatic rings. The topological polar surface area (TPSA) is 92.4 Å². The van der Waals surface area contributed by atoms with Gasteiger partial charge in [-0.15, -0.1) is 0 Å². The van der Waals surface area contributed by atoms with Crippen LogP contribution in [0.2, 0.25) is 0 Å². The summed E-state index contributed by atoms with van der Waals surface area (Å²) in [6.45, 7) is 0.876. The second kappa shape index (κ2) is 10.5. The van der Waals surface area contributed by atoms with Gasteiger partial charge < -0.3 is 20.7 Å². The van der Waals surface area contributed by atoms with Gasteiger partial charge in [-0.05, 0) is 48.5 Å². The monoisotopic (exact) mass is 390 g/mol. The molecule has 0 unspecified atom stereocenters. The Hall–Kier alpha value is -3.87. The van der Waals surface area contributed by atoms with Crippen molar-refractivity contribution in [1.82, 2.24) is 15.6 Å². The summed E-state index contributed by atoms with van der Waals surface area (Å²) in [5, 5.41) is 8.42. The molecule has 1 aromatic heterocycles. The van der Waals surface area contributed by atoms with E-state index in [1.165, 1.54) is 0 Å². The molecule has 0 saturated heterocycles. The fraction of sp³-hybridized carbons (Fsp3) is 0.136. The number of anilines is 1. The number of ether oxygens (including phenoxy) is 1. The molecular weight excluding hydrogens is 368 g/mol. The molecule has 3 N–H and O–H groups in total. The molecule has 3 rings (SSSR count). The third kappa shape index (κ3) is 6.66. The fourth-order valence-corrected chi connectivity index (χ4v) is 2.48. The Bertz CT molecular complexity index is 916. The lowest BCUT2D eigenvalue weighted by Gasteiger charge is -2.09. The largest absolute Gasteiger partial charge is 0.457 e. The van der Waals surface area contributed by atoms with Gasteiger partial charge in [-0.2, -0.15) is 0 Å². The van der Waals surface area contributed by atoms with Crippen LogP contribution in [0, 0.1) is 0 Å². The maximum absolute atomic E-state index is 12.2. The van der Waals surface area contributed by atoms with E-state index in [4.69, 9.17) is 4.74 Å². The highest BCUT2D eigenvalue weighted by molar-refractivity contribution is 5.96. The molecule has 0 radical (unpaired) electrons. The number of carbonyl (C=O) groups excluding carboxylic acids is 2. The molecule has 0 fully saturated rings. The van der Waals surface area contributed by atoms with Gasteiger partial charge in [0.1, 0.15) is 17.3 Å². The number of aromatic nitrogens is 1. The van der Waals surface area contributed by atoms with E-state index in [1.54, 1.807) is 30.5 Å². The van der Waals surface area contributed by atoms with E-state index in [1.807, 2.05) is 48.5 Å². The van der Waals surface area contributed by atoms with Crippen LogP contribution < -0.4 is 20.7 Å². The van der Waals surface area contributed by atoms with E-state index in [9.17, 15) is 9.59 Å². The number of nitrogens with one attached hydrogen (secondary N) is 3. The molecule has 148 valence electrons. The maximum atomic E-state index is 12.2. The summed E-state index contributed by atoms with van der Waals surface area (Å²) in [4.78, 5) is 28.2. The lowest BCUT2D eigenvalue weighted by Crippen LogP contribution is -2.38. The summed E-state index contributed by atoms with van der Waals surface area (Å²) in [6.07, 6.45) is 1.69. The molecule has 29 heavy (non-hydrogen) atoms. The minimum absolute atomic E-state index is 0.0926. The third-order valence-corrected chi connectivity index (χ3v) is 3.92. The Balaban J connectivity index is 1.36. The lowest BCUT2D eigenvalue weighted by molar-refractivity contribution is -0.120. The highest BCUT2D eigenvalue weighted by atomic mass is 16.5. The van der Waals surface area contributed by atoms with Crippen LogP contribution in [0.5, 0.6) is 11.5 Å². The highest BCUT2D eigenvalue weighted by Gasteiger charge is 2.08. The lowest BCUT2D eigenvalue weighted by atomic mass is 10.2. The molecule has 0 spiro atoms. The van der Waals surface area contributed by atoms with Crippen LogP contribution in [0.25, 0.3) is 0 Å². The molecule has 3 aromatic rings. The maximum Gasteiger partial charge on any atom is 0.251 e. The van der Waals surface area contributed by atoms with Gasteiger partial charge in [0.05, 0.1) is 6.54 Å². The van der Waals surface area contributed by atoms with Gasteiger partial charge >= 0.3 is 0 Å². The van der Waals surface area contributed by atoms with E-state index in [-0.39, 0.29) is 18.4 Å². The van der Waals surface area contributed by atoms with Crippen LogP contribution in [0.4, 0.5) is 5.82 Å². The first kappa shape index (κ1) is 19.9. The van der Waals surface area contributed by atoms with E-state index >= 15 is 0 Å². The normalized spacial score (nSPS) is 10.1. The third-order valence-electron chi connectivity index (χ3n) is 3.92. The van der Waals surface area contributed by atoms with Crippen molar-refractivity contribution in [2.75, 3.05) is 25.0 Å². The van der Waals surface area contributed by atoms with Crippen LogP contribution in [0.3, 0.4) is 0 Å². The van der Waals surface area contributed by atoms with Crippen LogP contribution in [0.15, 0.2) is 79.0 Å². The van der Waals surface area contributed by atoms with Crippen molar-refractivity contribution in [2.24, 2.45) is 0 Å². The average Bonchev–Trinajstić information content (AvgIpc) is 2.77. The zero-order chi connectivity index (χ0) is 20.3. The Kier molecular flexibility index (Phi) is 7.17. The summed E-state index contributed by atoms with van der Waals surface area (Å²) in [5.41, 5.74) is 0.454. The number of nitrogens with zero attached hydrogens (tertiary/aromatic N) is 1. The number of amides is 2. The number of hydrogen-bond donors (Lipinski definition) is 3. The average molecular weight is 390 g/mol. The molecule has 7 nitrogen and oxygen atoms in total. The van der Waals surface area contributed by atoms with Crippen molar-refractivity contribution in [3.8, 4) is 11.5 Å². The van der Waals surface area contributed by atoms with Gasteiger partial charge in [0, 0.05) is 24.8 Å². The summed E-state index contributed by atoms with van der Waals surface area (Å²) in [7, 11) is 0. The highest BCUT2D eigenvalue weighted by Crippen LogP contribution is 2.21. The molecule has 1 heterocycles. The first-order chi connectivity index (χ1) is 14.2. The van der Waals surface area contributed by atoms with E-state index in [0.717, 1.165) is 11.6 Å². The van der Waals surface area contributed by atoms with Crippen molar-refractivity contribution in [1.29, 1.82) is 0 Å². The van der Waals surface area contributed by atoms with Crippen molar-refractivity contribution in [2.45, 2.75) is 0 Å². The van der Waals surface area contributed by atoms with Crippen LogP contribution >= 0.6 is 0 Å². The minimum Gasteiger partial charge on any atom is -0.457 e. The SMILES string of the molecule is O=C(CNC(=O)c1ccc(Oc2ccccc2)cc1)NCCNc1ccccn1. The fourth-order valence-electron chi connectivity index (χ4n) is 2.48. The standard InChI is InChI=1S/C22H22N4O3/c27-21(25-15-14-24-20-8-4-5-13-23-20)16-26-22(28)17-9-11-19(12-10-17)29-18-6-2-1-3-7-18/h1-13H,14-16H2,(H,23,24)(H,25,27)(H,26,28). The minimum atomic E-state index is -0.321. The molecule has 0 bridgehead atoms. The van der Waals surface area contributed by atoms with Crippen molar-refractivity contribution < 1.29 is 14.3 Å². The molecule has 2 amide bonds. The second-order valence-electron chi connectivity index (χ2n) is 6.11. The molecular formula is C22H22N4O3. The number of rotatable bonds is 9. The van der Waals surface area contributed by atoms with Gasteiger partial charge in [-0.25, -0.2) is 4.98 Å². The number of hydrogen-bond acceptors (Lipinski definition) is 5. The molecule has 0 aliphatic carbocycles. The number of para-hydroxylation sites is 1. The predicted molar refractivity (Wildman–Crippen MR) is 111 cm³/mol. The Labute approximate surface area is 169 Å². The number of benzene rings is 2. The Morgan fingerprint density at radius 3 is 2.24 bits per heavy atom. The molecule has 0 aliphatic heterocycles. The van der Waals surface area contributed by atoms with Gasteiger partial charge in [0.15, 0.2) is 0 Å². The van der Waals surface area contributed by atoms with Crippen molar-refractivity contribution in [3.63, 3.8) is 0 Å². The molecule has 0 atom stereocenters. The van der Waals surface area contributed by atoms with Gasteiger partial charge in [-0.1, -0.05) is 24.3 Å². The van der Waals surface area contributed by atoms with Crippen molar-refractivity contribution >= 4 is 17.6 Å². The first-order valence-electron chi connectivity index (χ1n) is 9.23. The Morgan fingerprint density at radius 1 is 0.793 bits per heavy atom. The molecule has 7 heteroatoms. The quantitative estimate of drug-likeness (QED) is 0.489. The van der Waals surface area contributed by atoms with Crippen molar-refractivity contribution in [3.05, 3.63) is 84.6 Å². The first-order valence-corrected chi connectivity index (χ1v) is 9.23. The van der Waals surface area contributed by atoms with E-state index in [0.29, 0.717) is 24.4 Å². The smallest absolute Gasteiger partial charge is 0.251 e. The van der Waals surface area contributed by atoms with Gasteiger partial charge in [0.2, 0.25) is 5.91 Å². The Morgan fingerprint density at radius 2 is 1.52 bits per heavy atom.